The monoisotopic (exact) mass is 424 g/mol. The van der Waals surface area contributed by atoms with Gasteiger partial charge in [-0.25, -0.2) is 4.79 Å². The first-order valence-corrected chi connectivity index (χ1v) is 11.4. The fraction of sp³-hybridized carbons (Fsp3) is 0.462. The van der Waals surface area contributed by atoms with Gasteiger partial charge in [-0.3, -0.25) is 4.79 Å². The highest BCUT2D eigenvalue weighted by atomic mass is 16.5. The Bertz CT molecular complexity index is 816. The molecule has 0 radical (unpaired) electrons. The predicted molar refractivity (Wildman–Crippen MR) is 127 cm³/mol. The lowest BCUT2D eigenvalue weighted by Gasteiger charge is -2.28. The molecule has 0 bridgehead atoms. The molecule has 2 aromatic rings. The van der Waals surface area contributed by atoms with Crippen molar-refractivity contribution in [3.05, 3.63) is 60.2 Å². The average Bonchev–Trinajstić information content (AvgIpc) is 2.76. The Morgan fingerprint density at radius 1 is 0.903 bits per heavy atom. The predicted octanol–water partition coefficient (Wildman–Crippen LogP) is 6.34. The van der Waals surface area contributed by atoms with Crippen molar-refractivity contribution in [3.8, 4) is 0 Å². The van der Waals surface area contributed by atoms with Crippen molar-refractivity contribution in [2.24, 2.45) is 5.92 Å². The second kappa shape index (κ2) is 12.8. The van der Waals surface area contributed by atoms with E-state index in [0.29, 0.717) is 11.6 Å². The lowest BCUT2D eigenvalue weighted by Crippen LogP contribution is -2.31. The van der Waals surface area contributed by atoms with Crippen molar-refractivity contribution in [1.82, 2.24) is 0 Å². The van der Waals surface area contributed by atoms with E-state index in [0.717, 1.165) is 43.4 Å². The van der Waals surface area contributed by atoms with E-state index < -0.39 is 6.04 Å². The Hall–Kier alpha value is -2.82. The van der Waals surface area contributed by atoms with Crippen molar-refractivity contribution < 1.29 is 14.3 Å². The molecule has 0 saturated heterocycles. The van der Waals surface area contributed by atoms with Crippen molar-refractivity contribution in [2.45, 2.75) is 71.9 Å². The summed E-state index contributed by atoms with van der Waals surface area (Å²) >= 11 is 0. The van der Waals surface area contributed by atoms with Crippen LogP contribution in [0.1, 0.15) is 71.4 Å². The van der Waals surface area contributed by atoms with Crippen LogP contribution >= 0.6 is 0 Å². The van der Waals surface area contributed by atoms with Gasteiger partial charge < -0.3 is 15.4 Å². The number of hydrogen-bond donors (Lipinski definition) is 2. The number of nitrogens with one attached hydrogen (secondary N) is 2. The van der Waals surface area contributed by atoms with Crippen LogP contribution in [-0.4, -0.2) is 18.0 Å². The largest absolute Gasteiger partial charge is 0.460 e. The third kappa shape index (κ3) is 7.74. The topological polar surface area (TPSA) is 67.4 Å². The molecule has 5 nitrogen and oxygen atoms in total. The minimum Gasteiger partial charge on any atom is -0.460 e. The van der Waals surface area contributed by atoms with Crippen molar-refractivity contribution in [2.75, 3.05) is 10.6 Å². The van der Waals surface area contributed by atoms with E-state index in [-0.39, 0.29) is 18.0 Å². The SMILES string of the molecule is CCCC(CCC)[C@H](CC)OC(=O)C(Nc1cccc(NC(C)=O)c1)c1ccccc1. The smallest absolute Gasteiger partial charge is 0.333 e. The number of hydrogen-bond acceptors (Lipinski definition) is 4. The van der Waals surface area contributed by atoms with Gasteiger partial charge >= 0.3 is 5.97 Å². The number of esters is 1. The molecule has 0 aliphatic carbocycles. The first kappa shape index (κ1) is 24.4. The Balaban J connectivity index is 2.25. The van der Waals surface area contributed by atoms with Gasteiger partial charge in [0.1, 0.15) is 6.10 Å². The molecule has 0 aliphatic rings. The van der Waals surface area contributed by atoms with Crippen LogP contribution in [-0.2, 0) is 14.3 Å². The van der Waals surface area contributed by atoms with E-state index in [9.17, 15) is 9.59 Å². The lowest BCUT2D eigenvalue weighted by molar-refractivity contribution is -0.153. The van der Waals surface area contributed by atoms with Gasteiger partial charge in [0.25, 0.3) is 0 Å². The van der Waals surface area contributed by atoms with Gasteiger partial charge in [-0.1, -0.05) is 70.0 Å². The Labute approximate surface area is 186 Å². The summed E-state index contributed by atoms with van der Waals surface area (Å²) in [5.41, 5.74) is 2.26. The van der Waals surface area contributed by atoms with E-state index in [4.69, 9.17) is 4.74 Å². The van der Waals surface area contributed by atoms with Crippen LogP contribution in [0.15, 0.2) is 54.6 Å². The molecule has 31 heavy (non-hydrogen) atoms. The van der Waals surface area contributed by atoms with Crippen molar-refractivity contribution in [1.29, 1.82) is 0 Å². The summed E-state index contributed by atoms with van der Waals surface area (Å²) < 4.78 is 6.08. The molecule has 5 heteroatoms. The summed E-state index contributed by atoms with van der Waals surface area (Å²) in [4.78, 5) is 24.7. The number of rotatable bonds is 12. The van der Waals surface area contributed by atoms with Crippen molar-refractivity contribution in [3.63, 3.8) is 0 Å². The summed E-state index contributed by atoms with van der Waals surface area (Å²) in [7, 11) is 0. The summed E-state index contributed by atoms with van der Waals surface area (Å²) in [5, 5.41) is 6.09. The molecule has 0 saturated carbocycles. The quantitative estimate of drug-likeness (QED) is 0.390. The molecule has 0 heterocycles. The first-order valence-electron chi connectivity index (χ1n) is 11.4. The van der Waals surface area contributed by atoms with Gasteiger partial charge in [-0.15, -0.1) is 0 Å². The van der Waals surface area contributed by atoms with Crippen LogP contribution in [0.4, 0.5) is 11.4 Å². The maximum Gasteiger partial charge on any atom is 0.333 e. The summed E-state index contributed by atoms with van der Waals surface area (Å²) in [5.74, 6) is -0.0384. The lowest BCUT2D eigenvalue weighted by atomic mass is 9.91. The number of carbonyl (C=O) groups is 2. The summed E-state index contributed by atoms with van der Waals surface area (Å²) in [6.07, 6.45) is 4.98. The molecular formula is C26H36N2O3. The van der Waals surface area contributed by atoms with E-state index in [1.807, 2.05) is 54.6 Å². The molecule has 2 atom stereocenters. The van der Waals surface area contributed by atoms with E-state index in [2.05, 4.69) is 31.4 Å². The molecule has 2 rings (SSSR count). The van der Waals surface area contributed by atoms with Crippen LogP contribution in [0.3, 0.4) is 0 Å². The molecule has 0 fully saturated rings. The third-order valence-electron chi connectivity index (χ3n) is 5.38. The fourth-order valence-electron chi connectivity index (χ4n) is 3.97. The molecule has 1 amide bonds. The molecule has 0 aromatic heterocycles. The van der Waals surface area contributed by atoms with Gasteiger partial charge in [0.15, 0.2) is 6.04 Å². The highest BCUT2D eigenvalue weighted by molar-refractivity contribution is 5.89. The second-order valence-corrected chi connectivity index (χ2v) is 7.97. The van der Waals surface area contributed by atoms with Gasteiger partial charge in [-0.05, 0) is 48.9 Å². The zero-order valence-electron chi connectivity index (χ0n) is 19.2. The van der Waals surface area contributed by atoms with Crippen LogP contribution in [0.5, 0.6) is 0 Å². The highest BCUT2D eigenvalue weighted by Gasteiger charge is 2.28. The van der Waals surface area contributed by atoms with Gasteiger partial charge in [0.2, 0.25) is 5.91 Å². The van der Waals surface area contributed by atoms with Gasteiger partial charge in [0, 0.05) is 18.3 Å². The Kier molecular flexibility index (Phi) is 10.1. The van der Waals surface area contributed by atoms with Gasteiger partial charge in [0.05, 0.1) is 0 Å². The van der Waals surface area contributed by atoms with Crippen LogP contribution in [0.2, 0.25) is 0 Å². The average molecular weight is 425 g/mol. The zero-order valence-corrected chi connectivity index (χ0v) is 19.2. The first-order chi connectivity index (χ1) is 15.0. The van der Waals surface area contributed by atoms with Crippen LogP contribution < -0.4 is 10.6 Å². The maximum absolute atomic E-state index is 13.3. The zero-order chi connectivity index (χ0) is 22.6. The molecule has 2 N–H and O–H groups in total. The molecular weight excluding hydrogens is 388 g/mol. The van der Waals surface area contributed by atoms with Crippen LogP contribution in [0.25, 0.3) is 0 Å². The van der Waals surface area contributed by atoms with E-state index >= 15 is 0 Å². The van der Waals surface area contributed by atoms with Gasteiger partial charge in [-0.2, -0.15) is 0 Å². The normalized spacial score (nSPS) is 12.8. The molecule has 168 valence electrons. The van der Waals surface area contributed by atoms with E-state index in [1.54, 1.807) is 0 Å². The standard InChI is InChI=1S/C26H36N2O3/c1-5-12-20(13-6-2)24(7-3)31-26(30)25(21-14-9-8-10-15-21)28-23-17-11-16-22(18-23)27-19(4)29/h8-11,14-18,20,24-25,28H,5-7,12-13H2,1-4H3,(H,27,29)/t24-,25?/m0/s1. The molecule has 2 aromatic carbocycles. The van der Waals surface area contributed by atoms with Crippen molar-refractivity contribution >= 4 is 23.3 Å². The van der Waals surface area contributed by atoms with Crippen LogP contribution in [0, 0.1) is 5.92 Å². The van der Waals surface area contributed by atoms with E-state index in [1.165, 1.54) is 6.92 Å². The summed E-state index contributed by atoms with van der Waals surface area (Å²) in [6.45, 7) is 7.90. The second-order valence-electron chi connectivity index (χ2n) is 7.97. The summed E-state index contributed by atoms with van der Waals surface area (Å²) in [6, 6.07) is 16.3. The number of benzene rings is 2. The number of carbonyl (C=O) groups excluding carboxylic acids is 2. The molecule has 1 unspecified atom stereocenters. The molecule has 0 aliphatic heterocycles. The minimum atomic E-state index is -0.633. The maximum atomic E-state index is 13.3. The highest BCUT2D eigenvalue weighted by Crippen LogP contribution is 2.27. The number of anilines is 2. The third-order valence-corrected chi connectivity index (χ3v) is 5.38. The molecule has 0 spiro atoms. The fourth-order valence-corrected chi connectivity index (χ4v) is 3.97. The Morgan fingerprint density at radius 3 is 2.13 bits per heavy atom. The Morgan fingerprint density at radius 2 is 1.55 bits per heavy atom. The number of ether oxygens (including phenoxy) is 1. The number of amides is 1. The minimum absolute atomic E-state index is 0.0915.